The third kappa shape index (κ3) is 7.04. The molecule has 15 rings (SSSR count). The molecule has 0 radical (unpaired) electrons. The van der Waals surface area contributed by atoms with Gasteiger partial charge in [-0.1, -0.05) is 237 Å². The Morgan fingerprint density at radius 3 is 1.20 bits per heavy atom. The van der Waals surface area contributed by atoms with E-state index >= 15 is 0 Å². The lowest BCUT2D eigenvalue weighted by molar-refractivity contribution is 0.770. The lowest BCUT2D eigenvalue weighted by Gasteiger charge is -2.35. The SMILES string of the molecule is c1ccc(-c2ccc(C3(c4ccccc4)c4ccccc4-c4cccc(-c5ccc(N(c6ccc(-c7cccc8c7sc7ccccc78)cc6)c6ccc(-c7cccc8c7sc7ccccc78)cc6)cc5)c43)cc2)cc1. The molecule has 0 saturated heterocycles. The van der Waals surface area contributed by atoms with Gasteiger partial charge in [-0.3, -0.25) is 0 Å². The number of rotatable bonds is 9. The quantitative estimate of drug-likeness (QED) is 0.139. The molecule has 2 heterocycles. The summed E-state index contributed by atoms with van der Waals surface area (Å²) in [5.41, 5.74) is 20.1. The minimum absolute atomic E-state index is 0.562. The van der Waals surface area contributed by atoms with Gasteiger partial charge in [-0.05, 0) is 126 Å². The van der Waals surface area contributed by atoms with Gasteiger partial charge in [-0.15, -0.1) is 22.7 Å². The van der Waals surface area contributed by atoms with Gasteiger partial charge in [0.1, 0.15) is 0 Å². The highest BCUT2D eigenvalue weighted by molar-refractivity contribution is 7.26. The summed E-state index contributed by atoms with van der Waals surface area (Å²) < 4.78 is 5.28. The Balaban J connectivity index is 0.863. The summed E-state index contributed by atoms with van der Waals surface area (Å²) in [6.45, 7) is 0. The molecule has 3 heteroatoms. The molecule has 2 aromatic heterocycles. The molecule has 0 saturated carbocycles. The molecule has 0 aliphatic heterocycles. The second kappa shape index (κ2) is 18.1. The number of nitrogens with zero attached hydrogens (tertiary/aromatic N) is 1. The maximum Gasteiger partial charge on any atom is 0.0719 e. The smallest absolute Gasteiger partial charge is 0.0719 e. The highest BCUT2D eigenvalue weighted by atomic mass is 32.1. The van der Waals surface area contributed by atoms with Crippen molar-refractivity contribution in [2.75, 3.05) is 4.90 Å². The summed E-state index contributed by atoms with van der Waals surface area (Å²) in [5, 5.41) is 5.25. The first-order valence-corrected chi connectivity index (χ1v) is 27.7. The molecule has 0 fully saturated rings. The molecule has 76 heavy (non-hydrogen) atoms. The molecule has 0 N–H and O–H groups in total. The fraction of sp³-hybridized carbons (Fsp3) is 0.0137. The molecule has 0 amide bonds. The Morgan fingerprint density at radius 1 is 0.250 bits per heavy atom. The minimum atomic E-state index is -0.562. The maximum atomic E-state index is 2.41. The average molecular weight is 1000 g/mol. The van der Waals surface area contributed by atoms with Crippen LogP contribution in [0, 0.1) is 0 Å². The Morgan fingerprint density at radius 2 is 0.632 bits per heavy atom. The third-order valence-electron chi connectivity index (χ3n) is 15.8. The average Bonchev–Trinajstić information content (AvgIpc) is 4.26. The summed E-state index contributed by atoms with van der Waals surface area (Å²) in [4.78, 5) is 2.41. The Labute approximate surface area is 450 Å². The fourth-order valence-corrected chi connectivity index (χ4v) is 14.8. The van der Waals surface area contributed by atoms with E-state index in [4.69, 9.17) is 0 Å². The molecule has 1 aliphatic rings. The number of benzene rings is 12. The van der Waals surface area contributed by atoms with Crippen molar-refractivity contribution in [1.82, 2.24) is 0 Å². The van der Waals surface area contributed by atoms with E-state index in [0.717, 1.165) is 17.1 Å². The van der Waals surface area contributed by atoms with E-state index in [-0.39, 0.29) is 0 Å². The van der Waals surface area contributed by atoms with Crippen LogP contribution in [0.25, 0.3) is 96.0 Å². The fourth-order valence-electron chi connectivity index (χ4n) is 12.4. The number of hydrogen-bond acceptors (Lipinski definition) is 3. The van der Waals surface area contributed by atoms with Gasteiger partial charge in [0, 0.05) is 57.4 Å². The first kappa shape index (κ1) is 44.4. The summed E-state index contributed by atoms with van der Waals surface area (Å²) in [5.74, 6) is 0. The zero-order chi connectivity index (χ0) is 50.2. The summed E-state index contributed by atoms with van der Waals surface area (Å²) >= 11 is 3.76. The van der Waals surface area contributed by atoms with Crippen molar-refractivity contribution in [3.63, 3.8) is 0 Å². The first-order chi connectivity index (χ1) is 37.7. The van der Waals surface area contributed by atoms with Crippen LogP contribution in [0.15, 0.2) is 285 Å². The molecule has 1 atom stereocenters. The number of hydrogen-bond donors (Lipinski definition) is 0. The molecular weight excluding hydrogens is 955 g/mol. The van der Waals surface area contributed by atoms with E-state index in [1.54, 1.807) is 0 Å². The van der Waals surface area contributed by atoms with Crippen LogP contribution in [0.5, 0.6) is 0 Å². The number of thiophene rings is 2. The lowest BCUT2D eigenvalue weighted by atomic mass is 9.66. The zero-order valence-corrected chi connectivity index (χ0v) is 43.0. The summed E-state index contributed by atoms with van der Waals surface area (Å²) in [6, 6.07) is 106. The van der Waals surface area contributed by atoms with Gasteiger partial charge < -0.3 is 4.90 Å². The van der Waals surface area contributed by atoms with Gasteiger partial charge in [0.15, 0.2) is 0 Å². The van der Waals surface area contributed by atoms with Gasteiger partial charge in [0.05, 0.1) is 5.41 Å². The van der Waals surface area contributed by atoms with Crippen molar-refractivity contribution >= 4 is 80.1 Å². The Bertz CT molecular complexity index is 4320. The standard InChI is InChI=1S/C73H47NS2/c1-3-16-48(17-4-1)49-32-40-54(41-33-49)73(53-18-5-2-6-19-53)67-29-10-7-20-61(67)64-26-13-23-58(70(64)73)50-34-42-55(43-35-50)74(56-44-36-51(37-45-56)59-24-14-27-65-62-21-8-11-30-68(62)75-71(59)65)57-46-38-52(39-47-57)60-25-15-28-66-63-22-9-12-31-69(63)76-72(60)66/h1-47H. The number of fused-ring (bicyclic) bond motifs is 9. The monoisotopic (exact) mass is 1000 g/mol. The van der Waals surface area contributed by atoms with Gasteiger partial charge in [0.2, 0.25) is 0 Å². The summed E-state index contributed by atoms with van der Waals surface area (Å²) in [7, 11) is 0. The molecule has 0 spiro atoms. The second-order valence-corrected chi connectivity index (χ2v) is 22.0. The van der Waals surface area contributed by atoms with Crippen LogP contribution in [0.4, 0.5) is 17.1 Å². The molecule has 1 unspecified atom stereocenters. The molecule has 1 nitrogen and oxygen atoms in total. The normalized spacial score (nSPS) is 13.8. The van der Waals surface area contributed by atoms with Crippen molar-refractivity contribution < 1.29 is 0 Å². The highest BCUT2D eigenvalue weighted by Gasteiger charge is 2.47. The van der Waals surface area contributed by atoms with Crippen LogP contribution in [-0.4, -0.2) is 0 Å². The van der Waals surface area contributed by atoms with Gasteiger partial charge in [-0.25, -0.2) is 0 Å². The van der Waals surface area contributed by atoms with Crippen LogP contribution in [-0.2, 0) is 5.41 Å². The van der Waals surface area contributed by atoms with Crippen molar-refractivity contribution in [1.29, 1.82) is 0 Å². The minimum Gasteiger partial charge on any atom is -0.311 e. The molecule has 356 valence electrons. The Kier molecular flexibility index (Phi) is 10.6. The van der Waals surface area contributed by atoms with E-state index in [9.17, 15) is 0 Å². The molecular formula is C73H47NS2. The van der Waals surface area contributed by atoms with Crippen LogP contribution < -0.4 is 4.90 Å². The van der Waals surface area contributed by atoms with Gasteiger partial charge in [-0.2, -0.15) is 0 Å². The van der Waals surface area contributed by atoms with Crippen molar-refractivity contribution in [3.8, 4) is 55.6 Å². The Hall–Kier alpha value is -9.12. The highest BCUT2D eigenvalue weighted by Crippen LogP contribution is 2.59. The van der Waals surface area contributed by atoms with Crippen molar-refractivity contribution in [2.24, 2.45) is 0 Å². The molecule has 12 aromatic carbocycles. The molecule has 14 aromatic rings. The van der Waals surface area contributed by atoms with E-state index in [1.807, 2.05) is 22.7 Å². The predicted molar refractivity (Wildman–Crippen MR) is 326 cm³/mol. The zero-order valence-electron chi connectivity index (χ0n) is 41.4. The van der Waals surface area contributed by atoms with E-state index in [2.05, 4.69) is 290 Å². The second-order valence-electron chi connectivity index (χ2n) is 19.9. The maximum absolute atomic E-state index is 2.41. The predicted octanol–water partition coefficient (Wildman–Crippen LogP) is 20.9. The van der Waals surface area contributed by atoms with Crippen molar-refractivity contribution in [2.45, 2.75) is 5.41 Å². The van der Waals surface area contributed by atoms with Crippen LogP contribution >= 0.6 is 22.7 Å². The topological polar surface area (TPSA) is 3.24 Å². The van der Waals surface area contributed by atoms with Gasteiger partial charge >= 0.3 is 0 Å². The van der Waals surface area contributed by atoms with Crippen molar-refractivity contribution in [3.05, 3.63) is 307 Å². The third-order valence-corrected chi connectivity index (χ3v) is 18.3. The summed E-state index contributed by atoms with van der Waals surface area (Å²) in [6.07, 6.45) is 0. The van der Waals surface area contributed by atoms with E-state index < -0.39 is 5.41 Å². The first-order valence-electron chi connectivity index (χ1n) is 26.1. The molecule has 0 bridgehead atoms. The lowest BCUT2D eigenvalue weighted by Crippen LogP contribution is -2.29. The van der Waals surface area contributed by atoms with E-state index in [1.165, 1.54) is 118 Å². The van der Waals surface area contributed by atoms with Crippen LogP contribution in [0.2, 0.25) is 0 Å². The van der Waals surface area contributed by atoms with Crippen LogP contribution in [0.3, 0.4) is 0 Å². The number of anilines is 3. The van der Waals surface area contributed by atoms with Crippen LogP contribution in [0.1, 0.15) is 22.3 Å². The largest absolute Gasteiger partial charge is 0.311 e. The van der Waals surface area contributed by atoms with Gasteiger partial charge in [0.25, 0.3) is 0 Å². The van der Waals surface area contributed by atoms with E-state index in [0.29, 0.717) is 0 Å². The molecule has 1 aliphatic carbocycles.